The van der Waals surface area contributed by atoms with Crippen LogP contribution >= 0.6 is 24.0 Å². The van der Waals surface area contributed by atoms with E-state index in [9.17, 15) is 0 Å². The lowest BCUT2D eigenvalue weighted by molar-refractivity contribution is 0.0341. The molecule has 1 atom stereocenters. The van der Waals surface area contributed by atoms with Crippen LogP contribution in [0, 0.1) is 5.92 Å². The largest absolute Gasteiger partial charge is 0.379 e. The molecular formula is C23H40IN5O. The molecule has 0 radical (unpaired) electrons. The van der Waals surface area contributed by atoms with Crippen LogP contribution in [-0.4, -0.2) is 74.8 Å². The molecule has 2 aliphatic rings. The molecule has 3 rings (SSSR count). The fourth-order valence-electron chi connectivity index (χ4n) is 4.33. The monoisotopic (exact) mass is 529 g/mol. The maximum atomic E-state index is 5.48. The van der Waals surface area contributed by atoms with Gasteiger partial charge < -0.3 is 15.4 Å². The summed E-state index contributed by atoms with van der Waals surface area (Å²) < 4.78 is 5.48. The van der Waals surface area contributed by atoms with Gasteiger partial charge in [0.2, 0.25) is 0 Å². The lowest BCUT2D eigenvalue weighted by atomic mass is 10.1. The molecule has 0 spiro atoms. The second-order valence-corrected chi connectivity index (χ2v) is 8.65. The molecule has 0 saturated carbocycles. The van der Waals surface area contributed by atoms with Gasteiger partial charge in [-0.15, -0.1) is 24.0 Å². The molecule has 30 heavy (non-hydrogen) atoms. The van der Waals surface area contributed by atoms with E-state index in [4.69, 9.17) is 4.74 Å². The van der Waals surface area contributed by atoms with Crippen molar-refractivity contribution in [1.82, 2.24) is 20.4 Å². The van der Waals surface area contributed by atoms with Crippen LogP contribution in [-0.2, 0) is 17.8 Å². The van der Waals surface area contributed by atoms with Gasteiger partial charge >= 0.3 is 0 Å². The molecule has 2 saturated heterocycles. The van der Waals surface area contributed by atoms with Crippen LogP contribution in [0.2, 0.25) is 0 Å². The number of ether oxygens (including phenoxy) is 1. The Bertz CT molecular complexity index is 648. The Balaban J connectivity index is 0.00000320. The van der Waals surface area contributed by atoms with Crippen LogP contribution in [0.25, 0.3) is 0 Å². The molecule has 6 nitrogen and oxygen atoms in total. The molecule has 2 aliphatic heterocycles. The maximum Gasteiger partial charge on any atom is 0.191 e. The van der Waals surface area contributed by atoms with Crippen LogP contribution < -0.4 is 10.6 Å². The number of morpholine rings is 1. The number of aliphatic imine (C=N–C) groups is 1. The van der Waals surface area contributed by atoms with Crippen LogP contribution in [0.5, 0.6) is 0 Å². The zero-order valence-electron chi connectivity index (χ0n) is 18.9. The highest BCUT2D eigenvalue weighted by molar-refractivity contribution is 14.0. The summed E-state index contributed by atoms with van der Waals surface area (Å²) in [6.07, 6.45) is 2.58. The number of guanidine groups is 1. The summed E-state index contributed by atoms with van der Waals surface area (Å²) in [6.45, 7) is 13.5. The van der Waals surface area contributed by atoms with Crippen LogP contribution in [0.1, 0.15) is 37.8 Å². The lowest BCUT2D eigenvalue weighted by Gasteiger charge is -2.28. The van der Waals surface area contributed by atoms with Crippen molar-refractivity contribution in [3.63, 3.8) is 0 Å². The van der Waals surface area contributed by atoms with E-state index >= 15 is 0 Å². The first-order valence-corrected chi connectivity index (χ1v) is 11.2. The minimum atomic E-state index is 0. The van der Waals surface area contributed by atoms with Gasteiger partial charge in [0.15, 0.2) is 5.96 Å². The Labute approximate surface area is 199 Å². The Hall–Kier alpha value is -0.900. The van der Waals surface area contributed by atoms with Crippen molar-refractivity contribution in [1.29, 1.82) is 0 Å². The minimum absolute atomic E-state index is 0. The van der Waals surface area contributed by atoms with Crippen molar-refractivity contribution >= 4 is 29.9 Å². The molecule has 0 aromatic heterocycles. The number of hydrogen-bond acceptors (Lipinski definition) is 4. The quantitative estimate of drug-likeness (QED) is 0.308. The van der Waals surface area contributed by atoms with E-state index in [2.05, 4.69) is 63.5 Å². The molecule has 2 N–H and O–H groups in total. The van der Waals surface area contributed by atoms with E-state index in [1.54, 1.807) is 0 Å². The SMILES string of the molecule is CN=C(NCc1ccccc1CN1CCOCC1)NC[C@H]1CCCN1CC(C)C.I. The molecule has 170 valence electrons. The van der Waals surface area contributed by atoms with Crippen molar-refractivity contribution in [2.75, 3.05) is 53.0 Å². The first-order chi connectivity index (χ1) is 14.2. The Kier molecular flexibility index (Phi) is 11.4. The van der Waals surface area contributed by atoms with Crippen LogP contribution in [0.3, 0.4) is 0 Å². The summed E-state index contributed by atoms with van der Waals surface area (Å²) in [4.78, 5) is 9.54. The summed E-state index contributed by atoms with van der Waals surface area (Å²) in [7, 11) is 1.86. The minimum Gasteiger partial charge on any atom is -0.379 e. The predicted octanol–water partition coefficient (Wildman–Crippen LogP) is 2.92. The molecule has 2 heterocycles. The van der Waals surface area contributed by atoms with Gasteiger partial charge in [-0.25, -0.2) is 0 Å². The van der Waals surface area contributed by atoms with Crippen molar-refractivity contribution < 1.29 is 4.74 Å². The molecule has 2 fully saturated rings. The molecule has 7 heteroatoms. The van der Waals surface area contributed by atoms with Crippen molar-refractivity contribution in [2.24, 2.45) is 10.9 Å². The summed E-state index contributed by atoms with van der Waals surface area (Å²) in [5, 5.41) is 7.08. The molecule has 0 unspecified atom stereocenters. The fraction of sp³-hybridized carbons (Fsp3) is 0.696. The molecule has 1 aromatic carbocycles. The first-order valence-electron chi connectivity index (χ1n) is 11.2. The Morgan fingerprint density at radius 2 is 1.87 bits per heavy atom. The summed E-state index contributed by atoms with van der Waals surface area (Å²) >= 11 is 0. The molecule has 0 amide bonds. The van der Waals surface area contributed by atoms with Gasteiger partial charge in [0, 0.05) is 52.4 Å². The highest BCUT2D eigenvalue weighted by Gasteiger charge is 2.24. The number of hydrogen-bond donors (Lipinski definition) is 2. The number of nitrogens with zero attached hydrogens (tertiary/aromatic N) is 3. The average Bonchev–Trinajstić information content (AvgIpc) is 3.16. The number of benzene rings is 1. The highest BCUT2D eigenvalue weighted by Crippen LogP contribution is 2.18. The Morgan fingerprint density at radius 1 is 1.13 bits per heavy atom. The zero-order chi connectivity index (χ0) is 20.5. The lowest BCUT2D eigenvalue weighted by Crippen LogP contribution is -2.45. The van der Waals surface area contributed by atoms with E-state index in [0.717, 1.165) is 57.8 Å². The first kappa shape index (κ1) is 25.4. The third-order valence-electron chi connectivity index (χ3n) is 5.89. The second kappa shape index (κ2) is 13.5. The van der Waals surface area contributed by atoms with Gasteiger partial charge in [-0.1, -0.05) is 38.1 Å². The van der Waals surface area contributed by atoms with Crippen molar-refractivity contribution in [3.05, 3.63) is 35.4 Å². The van der Waals surface area contributed by atoms with Crippen molar-refractivity contribution in [3.8, 4) is 0 Å². The summed E-state index contributed by atoms with van der Waals surface area (Å²) in [5.74, 6) is 1.61. The number of rotatable bonds is 8. The van der Waals surface area contributed by atoms with Gasteiger partial charge in [0.25, 0.3) is 0 Å². The predicted molar refractivity (Wildman–Crippen MR) is 136 cm³/mol. The fourth-order valence-corrected chi connectivity index (χ4v) is 4.33. The van der Waals surface area contributed by atoms with E-state index in [0.29, 0.717) is 6.04 Å². The number of nitrogens with one attached hydrogen (secondary N) is 2. The number of halogens is 1. The van der Waals surface area contributed by atoms with Gasteiger partial charge in [0.05, 0.1) is 13.2 Å². The van der Waals surface area contributed by atoms with E-state index < -0.39 is 0 Å². The van der Waals surface area contributed by atoms with E-state index in [1.165, 1.54) is 37.1 Å². The molecule has 1 aromatic rings. The maximum absolute atomic E-state index is 5.48. The summed E-state index contributed by atoms with van der Waals surface area (Å²) in [5.41, 5.74) is 2.72. The van der Waals surface area contributed by atoms with Gasteiger partial charge in [-0.3, -0.25) is 14.8 Å². The smallest absolute Gasteiger partial charge is 0.191 e. The van der Waals surface area contributed by atoms with Crippen LogP contribution in [0.4, 0.5) is 0 Å². The van der Waals surface area contributed by atoms with Gasteiger partial charge in [0.1, 0.15) is 0 Å². The molecule has 0 aliphatic carbocycles. The number of likely N-dealkylation sites (tertiary alicyclic amines) is 1. The Morgan fingerprint density at radius 3 is 2.57 bits per heavy atom. The van der Waals surface area contributed by atoms with Gasteiger partial charge in [-0.2, -0.15) is 0 Å². The molecular weight excluding hydrogens is 489 g/mol. The normalized spacial score (nSPS) is 20.9. The van der Waals surface area contributed by atoms with Gasteiger partial charge in [-0.05, 0) is 36.4 Å². The molecule has 0 bridgehead atoms. The third kappa shape index (κ3) is 7.98. The standard InChI is InChI=1S/C23H39N5O.HI/c1-19(2)17-28-10-6-9-22(28)16-26-23(24-3)25-15-20-7-4-5-8-21(20)18-27-11-13-29-14-12-27;/h4-5,7-8,19,22H,6,9-18H2,1-3H3,(H2,24,25,26);1H/t22-;/m1./s1. The topological polar surface area (TPSA) is 52.1 Å². The van der Waals surface area contributed by atoms with Crippen molar-refractivity contribution in [2.45, 2.75) is 45.8 Å². The van der Waals surface area contributed by atoms with E-state index in [-0.39, 0.29) is 24.0 Å². The third-order valence-corrected chi connectivity index (χ3v) is 5.89. The average molecular weight is 530 g/mol. The highest BCUT2D eigenvalue weighted by atomic mass is 127. The van der Waals surface area contributed by atoms with Crippen LogP contribution in [0.15, 0.2) is 29.3 Å². The zero-order valence-corrected chi connectivity index (χ0v) is 21.2. The summed E-state index contributed by atoms with van der Waals surface area (Å²) in [6, 6.07) is 9.33. The second-order valence-electron chi connectivity index (χ2n) is 8.65. The van der Waals surface area contributed by atoms with E-state index in [1.807, 2.05) is 7.05 Å².